The van der Waals surface area contributed by atoms with Crippen LogP contribution in [0.4, 0.5) is 23.2 Å². The van der Waals surface area contributed by atoms with Gasteiger partial charge in [-0.05, 0) is 74.5 Å². The van der Waals surface area contributed by atoms with Gasteiger partial charge >= 0.3 is 5.97 Å². The highest BCUT2D eigenvalue weighted by Crippen LogP contribution is 2.44. The van der Waals surface area contributed by atoms with Crippen molar-refractivity contribution in [2.75, 3.05) is 51.5 Å². The van der Waals surface area contributed by atoms with Crippen molar-refractivity contribution in [2.45, 2.75) is 43.2 Å². The summed E-state index contributed by atoms with van der Waals surface area (Å²) in [5.41, 5.74) is 1.31. The van der Waals surface area contributed by atoms with Gasteiger partial charge in [0.05, 0.1) is 30.9 Å². The number of aromatic nitrogens is 1. The van der Waals surface area contributed by atoms with Gasteiger partial charge < -0.3 is 19.6 Å². The third-order valence-electron chi connectivity index (χ3n) is 7.90. The van der Waals surface area contributed by atoms with Crippen molar-refractivity contribution in [3.63, 3.8) is 0 Å². The molecule has 2 heterocycles. The molecule has 1 atom stereocenters. The minimum Gasteiger partial charge on any atom is -0.497 e. The predicted molar refractivity (Wildman–Crippen MR) is 153 cm³/mol. The van der Waals surface area contributed by atoms with Gasteiger partial charge in [-0.1, -0.05) is 0 Å². The van der Waals surface area contributed by atoms with Crippen LogP contribution in [0.2, 0.25) is 0 Å². The van der Waals surface area contributed by atoms with Crippen molar-refractivity contribution in [1.82, 2.24) is 9.88 Å². The van der Waals surface area contributed by atoms with Gasteiger partial charge in [-0.2, -0.15) is 0 Å². The number of ether oxygens (including phenoxy) is 1. The maximum absolute atomic E-state index is 16.1. The Bertz CT molecular complexity index is 1360. The lowest BCUT2D eigenvalue weighted by Crippen LogP contribution is -2.42. The summed E-state index contributed by atoms with van der Waals surface area (Å²) < 4.78 is 61.7. The van der Waals surface area contributed by atoms with E-state index in [2.05, 4.69) is 9.88 Å². The molecular formula is C30H35F4N3O3S. The number of carboxylic acids is 1. The molecule has 0 spiro atoms. The van der Waals surface area contributed by atoms with E-state index in [1.54, 1.807) is 31.5 Å². The Morgan fingerprint density at radius 1 is 1.17 bits per heavy atom. The number of halogens is 4. The number of carbonyl (C=O) groups is 1. The van der Waals surface area contributed by atoms with Crippen molar-refractivity contribution >= 4 is 34.3 Å². The fourth-order valence-corrected chi connectivity index (χ4v) is 6.53. The van der Waals surface area contributed by atoms with Crippen molar-refractivity contribution in [2.24, 2.45) is 5.41 Å². The molecule has 1 fully saturated rings. The van der Waals surface area contributed by atoms with E-state index in [4.69, 9.17) is 4.74 Å². The van der Waals surface area contributed by atoms with Crippen LogP contribution in [0.25, 0.3) is 10.9 Å². The molecule has 4 rings (SSSR count). The minimum atomic E-state index is -1.48. The second-order valence-corrected chi connectivity index (χ2v) is 12.0. The van der Waals surface area contributed by atoms with Crippen molar-refractivity contribution in [3.05, 3.63) is 59.5 Å². The number of carboxylic acid groups (broad SMARTS) is 1. The standard InChI is InChI=1S/C30H35F4N3O3S/c1-36(2)26-18-35-25-5-4-19(40-3)14-21(25)28(26)22(31)6-7-30(17-27(38)39)8-10-37(11-9-30)12-13-41-20-15-23(32)29(34)24(33)16-20/h4-5,14-16,18,22H,6-13,17H2,1-3H3,(H,38,39)/t22-/m1/s1. The summed E-state index contributed by atoms with van der Waals surface area (Å²) in [5, 5.41) is 10.4. The normalized spacial score (nSPS) is 16.1. The zero-order chi connectivity index (χ0) is 29.7. The SMILES string of the molecule is COc1ccc2ncc(N(C)C)c([C@H](F)CCC3(CC(=O)O)CCN(CCSc4cc(F)c(F)c(F)c4)CC3)c2c1. The largest absolute Gasteiger partial charge is 0.497 e. The average Bonchev–Trinajstić information content (AvgIpc) is 2.94. The molecule has 41 heavy (non-hydrogen) atoms. The third kappa shape index (κ3) is 7.43. The predicted octanol–water partition coefficient (Wildman–Crippen LogP) is 6.87. The lowest BCUT2D eigenvalue weighted by molar-refractivity contribution is -0.141. The van der Waals surface area contributed by atoms with Crippen molar-refractivity contribution in [3.8, 4) is 5.75 Å². The number of hydrogen-bond donors (Lipinski definition) is 1. The number of hydrogen-bond acceptors (Lipinski definition) is 6. The van der Waals surface area contributed by atoms with Crippen LogP contribution in [0, 0.1) is 22.9 Å². The molecule has 1 N–H and O–H groups in total. The topological polar surface area (TPSA) is 65.9 Å². The van der Waals surface area contributed by atoms with Crippen molar-refractivity contribution in [1.29, 1.82) is 0 Å². The molecule has 222 valence electrons. The first kappa shape index (κ1) is 30.9. The minimum absolute atomic E-state index is 0.0398. The van der Waals surface area contributed by atoms with Gasteiger partial charge in [0.25, 0.3) is 0 Å². The Kier molecular flexibility index (Phi) is 10.0. The molecule has 0 bridgehead atoms. The molecule has 3 aromatic rings. The number of rotatable bonds is 12. The van der Waals surface area contributed by atoms with Gasteiger partial charge in [-0.3, -0.25) is 9.78 Å². The molecule has 2 aromatic carbocycles. The highest BCUT2D eigenvalue weighted by atomic mass is 32.2. The number of anilines is 1. The molecular weight excluding hydrogens is 558 g/mol. The van der Waals surface area contributed by atoms with Gasteiger partial charge in [-0.15, -0.1) is 11.8 Å². The van der Waals surface area contributed by atoms with Crippen molar-refractivity contribution < 1.29 is 32.2 Å². The number of piperidine rings is 1. The molecule has 0 aliphatic carbocycles. The molecule has 1 aromatic heterocycles. The smallest absolute Gasteiger partial charge is 0.303 e. The second kappa shape index (κ2) is 13.3. The summed E-state index contributed by atoms with van der Waals surface area (Å²) in [5.74, 6) is -3.68. The van der Waals surface area contributed by atoms with Gasteiger partial charge in [0.2, 0.25) is 0 Å². The number of thioether (sulfide) groups is 1. The van der Waals surface area contributed by atoms with E-state index in [-0.39, 0.29) is 12.8 Å². The highest BCUT2D eigenvalue weighted by Gasteiger charge is 2.37. The molecule has 0 unspecified atom stereocenters. The van der Waals surface area contributed by atoms with Crippen LogP contribution in [-0.2, 0) is 4.79 Å². The van der Waals surface area contributed by atoms with Gasteiger partial charge in [0, 0.05) is 42.2 Å². The molecule has 1 aliphatic heterocycles. The molecule has 1 aliphatic rings. The Morgan fingerprint density at radius 3 is 2.46 bits per heavy atom. The monoisotopic (exact) mass is 593 g/mol. The molecule has 6 nitrogen and oxygen atoms in total. The fourth-order valence-electron chi connectivity index (χ4n) is 5.57. The Morgan fingerprint density at radius 2 is 1.85 bits per heavy atom. The molecule has 0 saturated carbocycles. The maximum atomic E-state index is 16.1. The summed E-state index contributed by atoms with van der Waals surface area (Å²) in [6.45, 7) is 1.89. The van der Waals surface area contributed by atoms with E-state index in [0.29, 0.717) is 77.4 Å². The van der Waals surface area contributed by atoms with Gasteiger partial charge in [-0.25, -0.2) is 17.6 Å². The summed E-state index contributed by atoms with van der Waals surface area (Å²) >= 11 is 1.23. The first-order valence-corrected chi connectivity index (χ1v) is 14.5. The zero-order valence-corrected chi connectivity index (χ0v) is 24.2. The summed E-state index contributed by atoms with van der Waals surface area (Å²) in [7, 11) is 5.23. The van der Waals surface area contributed by atoms with E-state index in [1.165, 1.54) is 11.8 Å². The lowest BCUT2D eigenvalue weighted by atomic mass is 9.71. The Hall–Kier alpha value is -3.05. The van der Waals surface area contributed by atoms with E-state index < -0.39 is 35.0 Å². The number of methoxy groups -OCH3 is 1. The number of alkyl halides is 1. The van der Waals surface area contributed by atoms with Gasteiger partial charge in [0.15, 0.2) is 17.5 Å². The number of benzene rings is 2. The van der Waals surface area contributed by atoms with Crippen LogP contribution in [-0.4, -0.2) is 67.6 Å². The molecule has 0 radical (unpaired) electrons. The van der Waals surface area contributed by atoms with Gasteiger partial charge in [0.1, 0.15) is 11.9 Å². The van der Waals surface area contributed by atoms with E-state index in [1.807, 2.05) is 19.0 Å². The summed E-state index contributed by atoms with van der Waals surface area (Å²) in [4.78, 5) is 20.6. The summed E-state index contributed by atoms with van der Waals surface area (Å²) in [6.07, 6.45) is 2.07. The van der Waals surface area contributed by atoms with Crippen LogP contribution < -0.4 is 9.64 Å². The molecule has 11 heteroatoms. The fraction of sp³-hybridized carbons (Fsp3) is 0.467. The summed E-state index contributed by atoms with van der Waals surface area (Å²) in [6, 6.07) is 7.33. The van der Waals surface area contributed by atoms with Crippen LogP contribution in [0.1, 0.15) is 43.8 Å². The van der Waals surface area contributed by atoms with Crippen LogP contribution in [0.3, 0.4) is 0 Å². The number of likely N-dealkylation sites (tertiary alicyclic amines) is 1. The number of aliphatic carboxylic acids is 1. The zero-order valence-electron chi connectivity index (χ0n) is 23.4. The number of nitrogens with zero attached hydrogens (tertiary/aromatic N) is 3. The average molecular weight is 594 g/mol. The Labute approximate surface area is 241 Å². The quantitative estimate of drug-likeness (QED) is 0.140. The van der Waals surface area contributed by atoms with E-state index in [0.717, 1.165) is 12.1 Å². The Balaban J connectivity index is 1.42. The third-order valence-corrected chi connectivity index (χ3v) is 8.85. The maximum Gasteiger partial charge on any atom is 0.303 e. The molecule has 1 saturated heterocycles. The number of fused-ring (bicyclic) bond motifs is 1. The molecule has 0 amide bonds. The first-order chi connectivity index (χ1) is 19.5. The van der Waals surface area contributed by atoms with Crippen LogP contribution in [0.5, 0.6) is 5.75 Å². The van der Waals surface area contributed by atoms with Crippen LogP contribution in [0.15, 0.2) is 41.4 Å². The van der Waals surface area contributed by atoms with E-state index in [9.17, 15) is 23.1 Å². The highest BCUT2D eigenvalue weighted by molar-refractivity contribution is 7.99. The van der Waals surface area contributed by atoms with E-state index >= 15 is 4.39 Å². The first-order valence-electron chi connectivity index (χ1n) is 13.5. The second-order valence-electron chi connectivity index (χ2n) is 10.8. The number of pyridine rings is 1. The lowest BCUT2D eigenvalue weighted by Gasteiger charge is -2.41. The van der Waals surface area contributed by atoms with Crippen LogP contribution >= 0.6 is 11.8 Å².